The Kier molecular flexibility index (Phi) is 3.01. The molecule has 0 radical (unpaired) electrons. The van der Waals surface area contributed by atoms with Crippen molar-refractivity contribution in [3.63, 3.8) is 0 Å². The molecule has 2 rings (SSSR count). The lowest BCUT2D eigenvalue weighted by Gasteiger charge is -2.20. The molecule has 0 heterocycles. The molecule has 3 heteroatoms. The summed E-state index contributed by atoms with van der Waals surface area (Å²) >= 11 is 0. The largest absolute Gasteiger partial charge is 0.359 e. The first-order valence-corrected chi connectivity index (χ1v) is 6.24. The number of rotatable bonds is 1. The van der Waals surface area contributed by atoms with Crippen LogP contribution in [-0.2, 0) is 10.2 Å². The summed E-state index contributed by atoms with van der Waals surface area (Å²) in [6, 6.07) is 5.90. The van der Waals surface area contributed by atoms with E-state index in [0.717, 1.165) is 16.7 Å². The van der Waals surface area contributed by atoms with E-state index in [2.05, 4.69) is 26.1 Å². The molecule has 18 heavy (non-hydrogen) atoms. The maximum atomic E-state index is 12.0. The third kappa shape index (κ3) is 2.05. The molecule has 3 nitrogen and oxygen atoms in total. The number of fused-ring (bicyclic) bond motifs is 1. The van der Waals surface area contributed by atoms with E-state index in [0.29, 0.717) is 6.42 Å². The number of ketones is 1. The first-order chi connectivity index (χ1) is 8.34. The van der Waals surface area contributed by atoms with Crippen molar-refractivity contribution in [3.8, 4) is 0 Å². The SMILES string of the molecule is CNC(=O)C1CC(=O)c2cc(C(C)(C)C)ccc21. The molecular weight excluding hydrogens is 226 g/mol. The summed E-state index contributed by atoms with van der Waals surface area (Å²) in [6.45, 7) is 6.35. The van der Waals surface area contributed by atoms with E-state index in [1.807, 2.05) is 18.2 Å². The number of nitrogens with one attached hydrogen (secondary N) is 1. The second kappa shape index (κ2) is 4.23. The van der Waals surface area contributed by atoms with Crippen LogP contribution in [0.25, 0.3) is 0 Å². The Hall–Kier alpha value is -1.64. The normalized spacial score (nSPS) is 18.7. The molecule has 1 amide bonds. The Morgan fingerprint density at radius 1 is 1.33 bits per heavy atom. The summed E-state index contributed by atoms with van der Waals surface area (Å²) in [4.78, 5) is 23.7. The Morgan fingerprint density at radius 2 is 2.00 bits per heavy atom. The van der Waals surface area contributed by atoms with Gasteiger partial charge in [0.05, 0.1) is 5.92 Å². The average molecular weight is 245 g/mol. The molecule has 1 N–H and O–H groups in total. The second-order valence-corrected chi connectivity index (χ2v) is 5.85. The smallest absolute Gasteiger partial charge is 0.227 e. The van der Waals surface area contributed by atoms with Crippen molar-refractivity contribution in [2.45, 2.75) is 38.5 Å². The number of Topliss-reactive ketones (excluding diaryl/α,β-unsaturated/α-hetero) is 1. The fraction of sp³-hybridized carbons (Fsp3) is 0.467. The molecule has 0 bridgehead atoms. The summed E-state index contributed by atoms with van der Waals surface area (Å²) < 4.78 is 0. The van der Waals surface area contributed by atoms with Gasteiger partial charge in [0.15, 0.2) is 5.78 Å². The van der Waals surface area contributed by atoms with E-state index < -0.39 is 0 Å². The van der Waals surface area contributed by atoms with Crippen LogP contribution in [0.5, 0.6) is 0 Å². The van der Waals surface area contributed by atoms with Gasteiger partial charge in [-0.25, -0.2) is 0 Å². The van der Waals surface area contributed by atoms with Crippen molar-refractivity contribution in [3.05, 3.63) is 34.9 Å². The molecule has 1 aromatic rings. The molecule has 0 saturated heterocycles. The minimum absolute atomic E-state index is 0.0143. The highest BCUT2D eigenvalue weighted by atomic mass is 16.2. The summed E-state index contributed by atoms with van der Waals surface area (Å²) in [5, 5.41) is 2.62. The van der Waals surface area contributed by atoms with Crippen molar-refractivity contribution in [2.24, 2.45) is 0 Å². The minimum Gasteiger partial charge on any atom is -0.359 e. The Morgan fingerprint density at radius 3 is 2.56 bits per heavy atom. The Labute approximate surface area is 108 Å². The van der Waals surface area contributed by atoms with Gasteiger partial charge in [-0.15, -0.1) is 0 Å². The molecule has 0 aromatic heterocycles. The third-order valence-electron chi connectivity index (χ3n) is 3.55. The molecule has 0 saturated carbocycles. The molecule has 1 atom stereocenters. The zero-order valence-electron chi connectivity index (χ0n) is 11.3. The molecule has 0 fully saturated rings. The van der Waals surface area contributed by atoms with E-state index in [1.165, 1.54) is 0 Å². The van der Waals surface area contributed by atoms with Gasteiger partial charge in [0.25, 0.3) is 0 Å². The van der Waals surface area contributed by atoms with Crippen LogP contribution >= 0.6 is 0 Å². The van der Waals surface area contributed by atoms with Crippen LogP contribution in [0.3, 0.4) is 0 Å². The Bertz CT molecular complexity index is 512. The van der Waals surface area contributed by atoms with Gasteiger partial charge in [0.2, 0.25) is 5.91 Å². The fourth-order valence-corrected chi connectivity index (χ4v) is 2.38. The number of benzene rings is 1. The number of carbonyl (C=O) groups excluding carboxylic acids is 2. The van der Waals surface area contributed by atoms with Crippen LogP contribution in [0.15, 0.2) is 18.2 Å². The van der Waals surface area contributed by atoms with Gasteiger partial charge in [0.1, 0.15) is 0 Å². The highest BCUT2D eigenvalue weighted by molar-refractivity contribution is 6.06. The molecule has 1 unspecified atom stereocenters. The lowest BCUT2D eigenvalue weighted by atomic mass is 9.85. The fourth-order valence-electron chi connectivity index (χ4n) is 2.38. The third-order valence-corrected chi connectivity index (χ3v) is 3.55. The summed E-state index contributed by atoms with van der Waals surface area (Å²) in [5.74, 6) is -0.318. The van der Waals surface area contributed by atoms with Crippen LogP contribution in [0, 0.1) is 0 Å². The summed E-state index contributed by atoms with van der Waals surface area (Å²) in [6.07, 6.45) is 0.294. The molecule has 96 valence electrons. The van der Waals surface area contributed by atoms with Gasteiger partial charge in [-0.05, 0) is 22.6 Å². The predicted octanol–water partition coefficient (Wildman–Crippen LogP) is 2.40. The molecule has 1 aliphatic rings. The van der Waals surface area contributed by atoms with Crippen LogP contribution < -0.4 is 5.32 Å². The van der Waals surface area contributed by atoms with E-state index in [9.17, 15) is 9.59 Å². The lowest BCUT2D eigenvalue weighted by molar-refractivity contribution is -0.121. The van der Waals surface area contributed by atoms with Gasteiger partial charge in [0, 0.05) is 19.0 Å². The van der Waals surface area contributed by atoms with Crippen molar-refractivity contribution in [1.82, 2.24) is 5.32 Å². The number of carbonyl (C=O) groups is 2. The number of hydrogen-bond donors (Lipinski definition) is 1. The highest BCUT2D eigenvalue weighted by Crippen LogP contribution is 2.36. The zero-order chi connectivity index (χ0) is 13.5. The number of amides is 1. The maximum Gasteiger partial charge on any atom is 0.227 e. The molecule has 1 aliphatic carbocycles. The highest BCUT2D eigenvalue weighted by Gasteiger charge is 2.34. The maximum absolute atomic E-state index is 12.0. The molecule has 0 aliphatic heterocycles. The van der Waals surface area contributed by atoms with Gasteiger partial charge >= 0.3 is 0 Å². The topological polar surface area (TPSA) is 46.2 Å². The van der Waals surface area contributed by atoms with Crippen molar-refractivity contribution in [2.75, 3.05) is 7.05 Å². The number of likely N-dealkylation sites (N-methyl/N-ethyl adjacent to an activating group) is 1. The van der Waals surface area contributed by atoms with Crippen LogP contribution in [0.4, 0.5) is 0 Å². The number of hydrogen-bond acceptors (Lipinski definition) is 2. The second-order valence-electron chi connectivity index (χ2n) is 5.85. The van der Waals surface area contributed by atoms with Gasteiger partial charge in [-0.2, -0.15) is 0 Å². The van der Waals surface area contributed by atoms with E-state index in [-0.39, 0.29) is 23.0 Å². The quantitative estimate of drug-likeness (QED) is 0.825. The zero-order valence-corrected chi connectivity index (χ0v) is 11.3. The average Bonchev–Trinajstić information content (AvgIpc) is 2.64. The van der Waals surface area contributed by atoms with Crippen molar-refractivity contribution in [1.29, 1.82) is 0 Å². The van der Waals surface area contributed by atoms with Crippen LogP contribution in [-0.4, -0.2) is 18.7 Å². The minimum atomic E-state index is -0.313. The van der Waals surface area contributed by atoms with E-state index in [4.69, 9.17) is 0 Å². The van der Waals surface area contributed by atoms with Crippen molar-refractivity contribution < 1.29 is 9.59 Å². The van der Waals surface area contributed by atoms with Crippen LogP contribution in [0.1, 0.15) is 54.6 Å². The van der Waals surface area contributed by atoms with E-state index in [1.54, 1.807) is 7.05 Å². The summed E-state index contributed by atoms with van der Waals surface area (Å²) in [7, 11) is 1.61. The Balaban J connectivity index is 2.47. The lowest BCUT2D eigenvalue weighted by Crippen LogP contribution is -2.24. The van der Waals surface area contributed by atoms with Gasteiger partial charge in [-0.1, -0.05) is 32.9 Å². The molecule has 0 spiro atoms. The molecule has 1 aromatic carbocycles. The standard InChI is InChI=1S/C15H19NO2/c1-15(2,3)9-5-6-10-11(7-9)13(17)8-12(10)14(18)16-4/h5-7,12H,8H2,1-4H3,(H,16,18). The first-order valence-electron chi connectivity index (χ1n) is 6.24. The van der Waals surface area contributed by atoms with Crippen molar-refractivity contribution >= 4 is 11.7 Å². The molecular formula is C15H19NO2. The predicted molar refractivity (Wildman–Crippen MR) is 70.9 cm³/mol. The van der Waals surface area contributed by atoms with E-state index >= 15 is 0 Å². The van der Waals surface area contributed by atoms with Gasteiger partial charge < -0.3 is 5.32 Å². The van der Waals surface area contributed by atoms with Crippen LogP contribution in [0.2, 0.25) is 0 Å². The van der Waals surface area contributed by atoms with Gasteiger partial charge in [-0.3, -0.25) is 9.59 Å². The summed E-state index contributed by atoms with van der Waals surface area (Å²) in [5.41, 5.74) is 2.73. The monoisotopic (exact) mass is 245 g/mol. The first kappa shape index (κ1) is 12.8.